The van der Waals surface area contributed by atoms with Crippen LogP contribution in [0.4, 0.5) is 0 Å². The molecule has 0 radical (unpaired) electrons. The predicted octanol–water partition coefficient (Wildman–Crippen LogP) is 2.22. The van der Waals surface area contributed by atoms with Gasteiger partial charge in [0.2, 0.25) is 0 Å². The van der Waals surface area contributed by atoms with Gasteiger partial charge in [-0.3, -0.25) is 9.59 Å². The first-order chi connectivity index (χ1) is 6.02. The summed E-state index contributed by atoms with van der Waals surface area (Å²) in [6.45, 7) is 6.29. The summed E-state index contributed by atoms with van der Waals surface area (Å²) in [6.07, 6.45) is 1.43. The lowest BCUT2D eigenvalue weighted by Gasteiger charge is -2.28. The van der Waals surface area contributed by atoms with Crippen LogP contribution in [0.15, 0.2) is 0 Å². The summed E-state index contributed by atoms with van der Waals surface area (Å²) in [5.74, 6) is 1.38. The quantitative estimate of drug-likeness (QED) is 0.656. The fourth-order valence-corrected chi connectivity index (χ4v) is 1.85. The van der Waals surface area contributed by atoms with Gasteiger partial charge in [-0.15, -0.1) is 0 Å². The third kappa shape index (κ3) is 2.39. The first kappa shape index (κ1) is 10.4. The van der Waals surface area contributed by atoms with Crippen molar-refractivity contribution in [1.29, 1.82) is 0 Å². The van der Waals surface area contributed by atoms with Gasteiger partial charge in [-0.25, -0.2) is 0 Å². The highest BCUT2D eigenvalue weighted by Gasteiger charge is 2.32. The van der Waals surface area contributed by atoms with Crippen LogP contribution in [0.2, 0.25) is 0 Å². The lowest BCUT2D eigenvalue weighted by Crippen LogP contribution is -2.32. The number of hydrogen-bond donors (Lipinski definition) is 0. The summed E-state index contributed by atoms with van der Waals surface area (Å²) in [5.41, 5.74) is 0. The van der Waals surface area contributed by atoms with E-state index in [-0.39, 0.29) is 11.7 Å². The molecule has 0 heterocycles. The molecule has 74 valence electrons. The minimum absolute atomic E-state index is 0.00116. The SMILES string of the molecule is CC(C)C(C)C1CC(=O)CCC1=O. The van der Waals surface area contributed by atoms with E-state index in [0.29, 0.717) is 36.9 Å². The van der Waals surface area contributed by atoms with E-state index in [9.17, 15) is 9.59 Å². The first-order valence-corrected chi connectivity index (χ1v) is 5.06. The lowest BCUT2D eigenvalue weighted by atomic mass is 9.75. The molecular formula is C11H18O2. The Morgan fingerprint density at radius 2 is 1.77 bits per heavy atom. The molecule has 1 fully saturated rings. The highest BCUT2D eigenvalue weighted by atomic mass is 16.1. The average molecular weight is 182 g/mol. The van der Waals surface area contributed by atoms with Crippen molar-refractivity contribution in [2.75, 3.05) is 0 Å². The molecule has 1 rings (SSSR count). The molecule has 0 aliphatic heterocycles. The van der Waals surface area contributed by atoms with Crippen LogP contribution in [0.5, 0.6) is 0 Å². The van der Waals surface area contributed by atoms with Gasteiger partial charge in [0.05, 0.1) is 0 Å². The van der Waals surface area contributed by atoms with Crippen LogP contribution in [0.1, 0.15) is 40.0 Å². The van der Waals surface area contributed by atoms with Crippen LogP contribution < -0.4 is 0 Å². The van der Waals surface area contributed by atoms with E-state index in [1.54, 1.807) is 0 Å². The topological polar surface area (TPSA) is 34.1 Å². The third-order valence-corrected chi connectivity index (χ3v) is 3.20. The Hall–Kier alpha value is -0.660. The summed E-state index contributed by atoms with van der Waals surface area (Å²) in [6, 6.07) is 0. The smallest absolute Gasteiger partial charge is 0.137 e. The van der Waals surface area contributed by atoms with Gasteiger partial charge in [-0.05, 0) is 11.8 Å². The minimum atomic E-state index is 0.00116. The summed E-state index contributed by atoms with van der Waals surface area (Å²) in [5, 5.41) is 0. The number of carbonyl (C=O) groups is 2. The van der Waals surface area contributed by atoms with Crippen LogP contribution in [0.3, 0.4) is 0 Å². The highest BCUT2D eigenvalue weighted by molar-refractivity contribution is 5.94. The summed E-state index contributed by atoms with van der Waals surface area (Å²) >= 11 is 0. The van der Waals surface area contributed by atoms with Gasteiger partial charge in [0.1, 0.15) is 11.6 Å². The zero-order chi connectivity index (χ0) is 10.0. The largest absolute Gasteiger partial charge is 0.300 e. The average Bonchev–Trinajstić information content (AvgIpc) is 2.08. The summed E-state index contributed by atoms with van der Waals surface area (Å²) < 4.78 is 0. The molecule has 2 nitrogen and oxygen atoms in total. The molecule has 0 amide bonds. The van der Waals surface area contributed by atoms with E-state index in [2.05, 4.69) is 20.8 Å². The second-order valence-corrected chi connectivity index (χ2v) is 4.42. The molecular weight excluding hydrogens is 164 g/mol. The number of Topliss-reactive ketones (excluding diaryl/α,β-unsaturated/α-hetero) is 2. The summed E-state index contributed by atoms with van der Waals surface area (Å²) in [7, 11) is 0. The Balaban J connectivity index is 2.65. The molecule has 0 aromatic carbocycles. The number of hydrogen-bond acceptors (Lipinski definition) is 2. The van der Waals surface area contributed by atoms with Gasteiger partial charge < -0.3 is 0 Å². The van der Waals surface area contributed by atoms with Crippen molar-refractivity contribution in [2.45, 2.75) is 40.0 Å². The fraction of sp³-hybridized carbons (Fsp3) is 0.818. The Kier molecular flexibility index (Phi) is 3.23. The Morgan fingerprint density at radius 3 is 2.31 bits per heavy atom. The van der Waals surface area contributed by atoms with E-state index in [1.165, 1.54) is 0 Å². The second-order valence-electron chi connectivity index (χ2n) is 4.42. The second kappa shape index (κ2) is 4.03. The number of carbonyl (C=O) groups excluding carboxylic acids is 2. The predicted molar refractivity (Wildman–Crippen MR) is 51.4 cm³/mol. The molecule has 0 N–H and O–H groups in total. The molecule has 1 aliphatic carbocycles. The number of rotatable bonds is 2. The minimum Gasteiger partial charge on any atom is -0.300 e. The standard InChI is InChI=1S/C11H18O2/c1-7(2)8(3)10-6-9(12)4-5-11(10)13/h7-8,10H,4-6H2,1-3H3. The van der Waals surface area contributed by atoms with Crippen LogP contribution in [-0.4, -0.2) is 11.6 Å². The third-order valence-electron chi connectivity index (χ3n) is 3.20. The molecule has 0 saturated heterocycles. The van der Waals surface area contributed by atoms with Crippen LogP contribution in [-0.2, 0) is 9.59 Å². The maximum Gasteiger partial charge on any atom is 0.137 e. The maximum absolute atomic E-state index is 11.5. The zero-order valence-corrected chi connectivity index (χ0v) is 8.67. The Morgan fingerprint density at radius 1 is 1.15 bits per heavy atom. The normalized spacial score (nSPS) is 26.6. The van der Waals surface area contributed by atoms with Gasteiger partial charge >= 0.3 is 0 Å². The van der Waals surface area contributed by atoms with Crippen LogP contribution in [0.25, 0.3) is 0 Å². The lowest BCUT2D eigenvalue weighted by molar-refractivity contribution is -0.135. The molecule has 0 spiro atoms. The van der Waals surface area contributed by atoms with Gasteiger partial charge in [0, 0.05) is 25.2 Å². The van der Waals surface area contributed by atoms with Crippen molar-refractivity contribution in [2.24, 2.45) is 17.8 Å². The van der Waals surface area contributed by atoms with Gasteiger partial charge in [0.25, 0.3) is 0 Å². The Bertz CT molecular complexity index is 218. The molecule has 2 unspecified atom stereocenters. The fourth-order valence-electron chi connectivity index (χ4n) is 1.85. The van der Waals surface area contributed by atoms with E-state index in [4.69, 9.17) is 0 Å². The van der Waals surface area contributed by atoms with E-state index < -0.39 is 0 Å². The molecule has 1 aliphatic rings. The Labute approximate surface area is 79.7 Å². The van der Waals surface area contributed by atoms with E-state index in [0.717, 1.165) is 0 Å². The molecule has 0 aromatic rings. The van der Waals surface area contributed by atoms with Crippen molar-refractivity contribution in [3.63, 3.8) is 0 Å². The van der Waals surface area contributed by atoms with Crippen molar-refractivity contribution in [3.05, 3.63) is 0 Å². The monoisotopic (exact) mass is 182 g/mol. The molecule has 0 bridgehead atoms. The van der Waals surface area contributed by atoms with Gasteiger partial charge in [0.15, 0.2) is 0 Å². The van der Waals surface area contributed by atoms with E-state index >= 15 is 0 Å². The maximum atomic E-state index is 11.5. The van der Waals surface area contributed by atoms with Gasteiger partial charge in [-0.2, -0.15) is 0 Å². The molecule has 0 aromatic heterocycles. The first-order valence-electron chi connectivity index (χ1n) is 5.06. The zero-order valence-electron chi connectivity index (χ0n) is 8.67. The van der Waals surface area contributed by atoms with Crippen LogP contribution in [0, 0.1) is 17.8 Å². The molecule has 2 heteroatoms. The molecule has 13 heavy (non-hydrogen) atoms. The highest BCUT2D eigenvalue weighted by Crippen LogP contribution is 2.29. The summed E-state index contributed by atoms with van der Waals surface area (Å²) in [4.78, 5) is 22.7. The van der Waals surface area contributed by atoms with E-state index in [1.807, 2.05) is 0 Å². The van der Waals surface area contributed by atoms with Gasteiger partial charge in [-0.1, -0.05) is 20.8 Å². The van der Waals surface area contributed by atoms with Crippen molar-refractivity contribution in [3.8, 4) is 0 Å². The molecule has 1 saturated carbocycles. The van der Waals surface area contributed by atoms with Crippen molar-refractivity contribution < 1.29 is 9.59 Å². The van der Waals surface area contributed by atoms with Crippen LogP contribution >= 0.6 is 0 Å². The van der Waals surface area contributed by atoms with Crippen molar-refractivity contribution >= 4 is 11.6 Å². The van der Waals surface area contributed by atoms with Crippen molar-refractivity contribution in [1.82, 2.24) is 0 Å². The number of ketones is 2. The molecule has 2 atom stereocenters.